The third-order valence-electron chi connectivity index (χ3n) is 1.68. The van der Waals surface area contributed by atoms with E-state index in [0.29, 0.717) is 6.92 Å². The maximum Gasteiger partial charge on any atom is 0.264 e. The van der Waals surface area contributed by atoms with E-state index in [0.717, 1.165) is 12.3 Å². The van der Waals surface area contributed by atoms with Crippen molar-refractivity contribution in [3.8, 4) is 0 Å². The Kier molecular flexibility index (Phi) is 2.56. The van der Waals surface area contributed by atoms with Crippen LogP contribution in [0, 0.1) is 5.82 Å². The number of hydrogen-bond donors (Lipinski definition) is 1. The monoisotopic (exact) mass is 190 g/mol. The number of alkyl halides is 2. The van der Waals surface area contributed by atoms with Crippen molar-refractivity contribution < 1.29 is 13.2 Å². The molecule has 0 fully saturated rings. The minimum Gasteiger partial charge on any atom is -0.319 e. The second-order valence-electron chi connectivity index (χ2n) is 2.83. The molecule has 1 heterocycles. The Bertz CT molecular complexity index is 296. The normalized spacial score (nSPS) is 14.2. The van der Waals surface area contributed by atoms with Crippen LogP contribution in [0.2, 0.25) is 0 Å². The Morgan fingerprint density at radius 2 is 2.15 bits per heavy atom. The van der Waals surface area contributed by atoms with Crippen molar-refractivity contribution >= 4 is 0 Å². The van der Waals surface area contributed by atoms with Crippen LogP contribution in [0.15, 0.2) is 18.5 Å². The highest BCUT2D eigenvalue weighted by Crippen LogP contribution is 2.29. The molecule has 0 aromatic carbocycles. The fraction of sp³-hybridized carbons (Fsp3) is 0.375. The van der Waals surface area contributed by atoms with Gasteiger partial charge in [0.15, 0.2) is 0 Å². The van der Waals surface area contributed by atoms with E-state index in [2.05, 4.69) is 4.98 Å². The lowest BCUT2D eigenvalue weighted by Gasteiger charge is -2.19. The number of nitrogens with zero attached hydrogens (tertiary/aromatic N) is 1. The lowest BCUT2D eigenvalue weighted by molar-refractivity contribution is -0.00727. The standard InChI is InChI=1S/C8H9F3N2/c1-8(10,11)7(12)5-2-3-13-4-6(5)9/h2-4,7H,12H2,1H3. The first-order chi connectivity index (χ1) is 5.93. The maximum absolute atomic E-state index is 12.9. The second kappa shape index (κ2) is 3.33. The van der Waals surface area contributed by atoms with Gasteiger partial charge < -0.3 is 5.73 Å². The Morgan fingerprint density at radius 1 is 1.54 bits per heavy atom. The van der Waals surface area contributed by atoms with E-state index in [4.69, 9.17) is 5.73 Å². The van der Waals surface area contributed by atoms with Crippen molar-refractivity contribution in [3.05, 3.63) is 29.8 Å². The van der Waals surface area contributed by atoms with Crippen molar-refractivity contribution in [3.63, 3.8) is 0 Å². The maximum atomic E-state index is 12.9. The fourth-order valence-electron chi connectivity index (χ4n) is 0.911. The van der Waals surface area contributed by atoms with E-state index in [1.165, 1.54) is 6.20 Å². The molecule has 0 bridgehead atoms. The summed E-state index contributed by atoms with van der Waals surface area (Å²) in [6.07, 6.45) is 2.09. The van der Waals surface area contributed by atoms with E-state index in [-0.39, 0.29) is 5.56 Å². The lowest BCUT2D eigenvalue weighted by Crippen LogP contribution is -2.30. The molecular weight excluding hydrogens is 181 g/mol. The van der Waals surface area contributed by atoms with Gasteiger partial charge in [-0.2, -0.15) is 0 Å². The van der Waals surface area contributed by atoms with Crippen LogP contribution in [0.25, 0.3) is 0 Å². The topological polar surface area (TPSA) is 38.9 Å². The number of aromatic nitrogens is 1. The largest absolute Gasteiger partial charge is 0.319 e. The van der Waals surface area contributed by atoms with Crippen molar-refractivity contribution in [2.24, 2.45) is 5.73 Å². The second-order valence-corrected chi connectivity index (χ2v) is 2.83. The molecule has 13 heavy (non-hydrogen) atoms. The highest BCUT2D eigenvalue weighted by atomic mass is 19.3. The van der Waals surface area contributed by atoms with Gasteiger partial charge in [-0.25, -0.2) is 13.2 Å². The Morgan fingerprint density at radius 3 is 2.62 bits per heavy atom. The molecule has 0 saturated heterocycles. The number of halogens is 3. The Labute approximate surface area is 73.6 Å². The van der Waals surface area contributed by atoms with Crippen molar-refractivity contribution in [1.29, 1.82) is 0 Å². The van der Waals surface area contributed by atoms with Crippen LogP contribution < -0.4 is 5.73 Å². The van der Waals surface area contributed by atoms with Gasteiger partial charge >= 0.3 is 0 Å². The van der Waals surface area contributed by atoms with Gasteiger partial charge in [-0.3, -0.25) is 4.98 Å². The predicted octanol–water partition coefficient (Wildman–Crippen LogP) is 1.88. The average molecular weight is 190 g/mol. The lowest BCUT2D eigenvalue weighted by atomic mass is 10.0. The summed E-state index contributed by atoms with van der Waals surface area (Å²) in [5, 5.41) is 0. The summed E-state index contributed by atoms with van der Waals surface area (Å²) >= 11 is 0. The summed E-state index contributed by atoms with van der Waals surface area (Å²) < 4.78 is 38.2. The first-order valence-corrected chi connectivity index (χ1v) is 3.65. The van der Waals surface area contributed by atoms with Gasteiger partial charge in [-0.15, -0.1) is 0 Å². The molecular formula is C8H9F3N2. The first-order valence-electron chi connectivity index (χ1n) is 3.65. The molecule has 0 aliphatic carbocycles. The van der Waals surface area contributed by atoms with Crippen LogP contribution in [-0.2, 0) is 0 Å². The molecule has 1 unspecified atom stereocenters. The van der Waals surface area contributed by atoms with E-state index in [1.54, 1.807) is 0 Å². The Hall–Kier alpha value is -1.10. The van der Waals surface area contributed by atoms with E-state index in [1.807, 2.05) is 0 Å². The highest BCUT2D eigenvalue weighted by Gasteiger charge is 2.33. The zero-order chi connectivity index (χ0) is 10.1. The quantitative estimate of drug-likeness (QED) is 0.773. The number of nitrogens with two attached hydrogens (primary N) is 1. The molecule has 1 aromatic rings. The molecule has 1 aromatic heterocycles. The van der Waals surface area contributed by atoms with Gasteiger partial charge in [0.05, 0.1) is 12.2 Å². The van der Waals surface area contributed by atoms with Gasteiger partial charge in [0.2, 0.25) is 0 Å². The molecule has 72 valence electrons. The molecule has 5 heteroatoms. The SMILES string of the molecule is CC(F)(F)C(N)c1ccncc1F. The molecule has 0 spiro atoms. The minimum atomic E-state index is -3.14. The average Bonchev–Trinajstić information content (AvgIpc) is 2.02. The molecule has 0 aliphatic heterocycles. The summed E-state index contributed by atoms with van der Waals surface area (Å²) in [4.78, 5) is 3.43. The molecule has 2 nitrogen and oxygen atoms in total. The van der Waals surface area contributed by atoms with Crippen LogP contribution in [0.5, 0.6) is 0 Å². The molecule has 1 rings (SSSR count). The summed E-state index contributed by atoms with van der Waals surface area (Å²) in [7, 11) is 0. The van der Waals surface area contributed by atoms with Crippen LogP contribution in [0.4, 0.5) is 13.2 Å². The van der Waals surface area contributed by atoms with Gasteiger partial charge in [-0.05, 0) is 6.07 Å². The zero-order valence-corrected chi connectivity index (χ0v) is 6.97. The van der Waals surface area contributed by atoms with E-state index in [9.17, 15) is 13.2 Å². The third-order valence-corrected chi connectivity index (χ3v) is 1.68. The third kappa shape index (κ3) is 2.18. The van der Waals surface area contributed by atoms with Crippen molar-refractivity contribution in [1.82, 2.24) is 4.98 Å². The highest BCUT2D eigenvalue weighted by molar-refractivity contribution is 5.18. The molecule has 0 saturated carbocycles. The van der Waals surface area contributed by atoms with Crippen LogP contribution in [0.3, 0.4) is 0 Å². The first kappa shape index (κ1) is 9.98. The van der Waals surface area contributed by atoms with Gasteiger partial charge in [0.1, 0.15) is 5.82 Å². The van der Waals surface area contributed by atoms with Gasteiger partial charge in [0.25, 0.3) is 5.92 Å². The fourth-order valence-corrected chi connectivity index (χ4v) is 0.911. The molecule has 0 aliphatic rings. The van der Waals surface area contributed by atoms with E-state index < -0.39 is 17.8 Å². The van der Waals surface area contributed by atoms with E-state index >= 15 is 0 Å². The summed E-state index contributed by atoms with van der Waals surface area (Å²) in [6.45, 7) is 0.650. The molecule has 1 atom stereocenters. The van der Waals surface area contributed by atoms with Gasteiger partial charge in [0, 0.05) is 18.7 Å². The summed E-state index contributed by atoms with van der Waals surface area (Å²) in [6, 6.07) is -0.479. The smallest absolute Gasteiger partial charge is 0.264 e. The van der Waals surface area contributed by atoms with Crippen LogP contribution in [0.1, 0.15) is 18.5 Å². The van der Waals surface area contributed by atoms with Crippen molar-refractivity contribution in [2.75, 3.05) is 0 Å². The summed E-state index contributed by atoms with van der Waals surface area (Å²) in [5.41, 5.74) is 4.94. The van der Waals surface area contributed by atoms with Crippen LogP contribution >= 0.6 is 0 Å². The predicted molar refractivity (Wildman–Crippen MR) is 41.7 cm³/mol. The van der Waals surface area contributed by atoms with Crippen molar-refractivity contribution in [2.45, 2.75) is 18.9 Å². The summed E-state index contributed by atoms with van der Waals surface area (Å²) in [5.74, 6) is -3.95. The zero-order valence-electron chi connectivity index (χ0n) is 6.97. The number of hydrogen-bond acceptors (Lipinski definition) is 2. The molecule has 0 amide bonds. The number of rotatable bonds is 2. The Balaban J connectivity index is 3.02. The number of pyridine rings is 1. The molecule has 2 N–H and O–H groups in total. The van der Waals surface area contributed by atoms with Gasteiger partial charge in [-0.1, -0.05) is 0 Å². The molecule has 0 radical (unpaired) electrons. The minimum absolute atomic E-state index is 0.220. The van der Waals surface area contributed by atoms with Crippen LogP contribution in [-0.4, -0.2) is 10.9 Å².